The molecule has 1 fully saturated rings. The minimum Gasteiger partial charge on any atom is -0.314 e. The van der Waals surface area contributed by atoms with Crippen LogP contribution in [0.15, 0.2) is 18.2 Å². The Hall–Kier alpha value is -0.930. The number of rotatable bonds is 6. The fourth-order valence-electron chi connectivity index (χ4n) is 2.61. The maximum Gasteiger partial charge on any atom is 0.0547 e. The van der Waals surface area contributed by atoms with Crippen molar-refractivity contribution in [2.45, 2.75) is 45.7 Å². The molecule has 0 aromatic carbocycles. The van der Waals surface area contributed by atoms with Crippen LogP contribution in [0.1, 0.15) is 37.6 Å². The van der Waals surface area contributed by atoms with E-state index < -0.39 is 0 Å². The highest BCUT2D eigenvalue weighted by atomic mass is 15.1. The number of aryl methyl sites for hydroxylation is 1. The zero-order chi connectivity index (χ0) is 12.8. The molecule has 18 heavy (non-hydrogen) atoms. The van der Waals surface area contributed by atoms with Crippen molar-refractivity contribution in [3.63, 3.8) is 0 Å². The lowest BCUT2D eigenvalue weighted by molar-refractivity contribution is 0.261. The van der Waals surface area contributed by atoms with Crippen LogP contribution in [0.2, 0.25) is 0 Å². The summed E-state index contributed by atoms with van der Waals surface area (Å²) in [5.74, 6) is 0. The first-order valence-corrected chi connectivity index (χ1v) is 7.16. The molecule has 1 aromatic rings. The third-order valence-corrected chi connectivity index (χ3v) is 3.73. The highest BCUT2D eigenvalue weighted by Gasteiger charge is 2.15. The largest absolute Gasteiger partial charge is 0.314 e. The van der Waals surface area contributed by atoms with Crippen molar-refractivity contribution in [1.82, 2.24) is 15.2 Å². The summed E-state index contributed by atoms with van der Waals surface area (Å²) in [6, 6.07) is 7.03. The Balaban J connectivity index is 1.81. The summed E-state index contributed by atoms with van der Waals surface area (Å²) in [5.41, 5.74) is 2.30. The molecule has 0 amide bonds. The van der Waals surface area contributed by atoms with Gasteiger partial charge in [0.1, 0.15) is 0 Å². The second kappa shape index (κ2) is 6.86. The summed E-state index contributed by atoms with van der Waals surface area (Å²) in [7, 11) is 0. The Bertz CT molecular complexity index is 359. The fraction of sp³-hybridized carbons (Fsp3) is 0.667. The van der Waals surface area contributed by atoms with Crippen LogP contribution in [0, 0.1) is 6.92 Å². The van der Waals surface area contributed by atoms with Gasteiger partial charge in [0.2, 0.25) is 0 Å². The molecule has 3 nitrogen and oxygen atoms in total. The van der Waals surface area contributed by atoms with Gasteiger partial charge in [-0.15, -0.1) is 0 Å². The number of aromatic nitrogens is 1. The zero-order valence-electron chi connectivity index (χ0n) is 11.7. The van der Waals surface area contributed by atoms with E-state index in [0.29, 0.717) is 0 Å². The van der Waals surface area contributed by atoms with Crippen LogP contribution in [0.25, 0.3) is 0 Å². The van der Waals surface area contributed by atoms with Crippen LogP contribution >= 0.6 is 0 Å². The van der Waals surface area contributed by atoms with Crippen LogP contribution in [0.4, 0.5) is 0 Å². The Morgan fingerprint density at radius 3 is 3.00 bits per heavy atom. The molecule has 1 saturated heterocycles. The van der Waals surface area contributed by atoms with Gasteiger partial charge in [-0.3, -0.25) is 9.88 Å². The second-order valence-electron chi connectivity index (χ2n) is 5.22. The Kier molecular flexibility index (Phi) is 5.14. The van der Waals surface area contributed by atoms with Gasteiger partial charge in [0, 0.05) is 24.8 Å². The summed E-state index contributed by atoms with van der Waals surface area (Å²) < 4.78 is 0. The molecule has 0 bridgehead atoms. The molecule has 1 aliphatic rings. The van der Waals surface area contributed by atoms with Gasteiger partial charge in [-0.25, -0.2) is 0 Å². The van der Waals surface area contributed by atoms with Crippen LogP contribution in [0.5, 0.6) is 0 Å². The lowest BCUT2D eigenvalue weighted by Crippen LogP contribution is -2.30. The smallest absolute Gasteiger partial charge is 0.0547 e. The van der Waals surface area contributed by atoms with Gasteiger partial charge in [0.15, 0.2) is 0 Å². The first-order chi connectivity index (χ1) is 8.78. The maximum absolute atomic E-state index is 4.58. The molecule has 1 unspecified atom stereocenters. The summed E-state index contributed by atoms with van der Waals surface area (Å²) in [6.45, 7) is 8.74. The molecule has 100 valence electrons. The highest BCUT2D eigenvalue weighted by Crippen LogP contribution is 2.11. The number of hydrogen-bond acceptors (Lipinski definition) is 3. The molecule has 0 radical (unpaired) electrons. The van der Waals surface area contributed by atoms with Gasteiger partial charge in [0.05, 0.1) is 5.69 Å². The van der Waals surface area contributed by atoms with Gasteiger partial charge in [0.25, 0.3) is 0 Å². The van der Waals surface area contributed by atoms with E-state index in [-0.39, 0.29) is 0 Å². The van der Waals surface area contributed by atoms with Crippen LogP contribution in [0.3, 0.4) is 0 Å². The molecule has 2 rings (SSSR count). The van der Waals surface area contributed by atoms with Crippen LogP contribution in [-0.2, 0) is 6.54 Å². The molecular formula is C15H25N3. The van der Waals surface area contributed by atoms with E-state index in [9.17, 15) is 0 Å². The fourth-order valence-corrected chi connectivity index (χ4v) is 2.61. The normalized spacial score (nSPS) is 19.6. The summed E-state index contributed by atoms with van der Waals surface area (Å²) in [4.78, 5) is 7.07. The quantitative estimate of drug-likeness (QED) is 0.836. The predicted octanol–water partition coefficient (Wildman–Crippen LogP) is 2.35. The van der Waals surface area contributed by atoms with E-state index in [2.05, 4.69) is 47.2 Å². The summed E-state index contributed by atoms with van der Waals surface area (Å²) in [5, 5.41) is 3.57. The monoisotopic (exact) mass is 247 g/mol. The molecule has 1 atom stereocenters. The van der Waals surface area contributed by atoms with E-state index in [1.165, 1.54) is 38.0 Å². The molecule has 1 N–H and O–H groups in total. The second-order valence-corrected chi connectivity index (χ2v) is 5.22. The van der Waals surface area contributed by atoms with Crippen molar-refractivity contribution in [3.8, 4) is 0 Å². The van der Waals surface area contributed by atoms with E-state index in [0.717, 1.165) is 24.8 Å². The predicted molar refractivity (Wildman–Crippen MR) is 75.6 cm³/mol. The summed E-state index contributed by atoms with van der Waals surface area (Å²) in [6.07, 6.45) is 3.95. The van der Waals surface area contributed by atoms with Crippen molar-refractivity contribution in [2.75, 3.05) is 19.6 Å². The molecule has 1 aliphatic heterocycles. The first-order valence-electron chi connectivity index (χ1n) is 7.16. The molecular weight excluding hydrogens is 222 g/mol. The average Bonchev–Trinajstić information content (AvgIpc) is 2.87. The average molecular weight is 247 g/mol. The van der Waals surface area contributed by atoms with E-state index in [1.807, 2.05) is 0 Å². The minimum atomic E-state index is 0.740. The number of nitrogens with zero attached hydrogens (tertiary/aromatic N) is 2. The number of hydrogen-bond donors (Lipinski definition) is 1. The summed E-state index contributed by atoms with van der Waals surface area (Å²) >= 11 is 0. The molecule has 3 heteroatoms. The molecule has 2 heterocycles. The Morgan fingerprint density at radius 1 is 1.44 bits per heavy atom. The first kappa shape index (κ1) is 13.5. The SMILES string of the molecule is CCN(CCC1CCCN1)Cc1cccc(C)n1. The molecule has 0 aliphatic carbocycles. The lowest BCUT2D eigenvalue weighted by Gasteiger charge is -2.22. The Labute approximate surface area is 111 Å². The van der Waals surface area contributed by atoms with Gasteiger partial charge < -0.3 is 5.32 Å². The number of nitrogens with one attached hydrogen (secondary N) is 1. The van der Waals surface area contributed by atoms with E-state index in [4.69, 9.17) is 0 Å². The van der Waals surface area contributed by atoms with Crippen LogP contribution < -0.4 is 5.32 Å². The van der Waals surface area contributed by atoms with Crippen molar-refractivity contribution >= 4 is 0 Å². The topological polar surface area (TPSA) is 28.2 Å². The van der Waals surface area contributed by atoms with Gasteiger partial charge in [-0.2, -0.15) is 0 Å². The Morgan fingerprint density at radius 2 is 2.33 bits per heavy atom. The van der Waals surface area contributed by atoms with Crippen molar-refractivity contribution in [2.24, 2.45) is 0 Å². The lowest BCUT2D eigenvalue weighted by atomic mass is 10.1. The van der Waals surface area contributed by atoms with Gasteiger partial charge >= 0.3 is 0 Å². The van der Waals surface area contributed by atoms with Crippen molar-refractivity contribution < 1.29 is 0 Å². The van der Waals surface area contributed by atoms with Gasteiger partial charge in [-0.1, -0.05) is 13.0 Å². The molecule has 0 saturated carbocycles. The third kappa shape index (κ3) is 4.07. The van der Waals surface area contributed by atoms with Crippen LogP contribution in [-0.4, -0.2) is 35.6 Å². The minimum absolute atomic E-state index is 0.740. The highest BCUT2D eigenvalue weighted by molar-refractivity contribution is 5.09. The zero-order valence-corrected chi connectivity index (χ0v) is 11.7. The molecule has 0 spiro atoms. The standard InChI is InChI=1S/C15H25N3/c1-3-18(11-9-14-8-5-10-16-14)12-15-7-4-6-13(2)17-15/h4,6-7,14,16H,3,5,8-12H2,1-2H3. The molecule has 1 aromatic heterocycles. The van der Waals surface area contributed by atoms with Crippen molar-refractivity contribution in [1.29, 1.82) is 0 Å². The maximum atomic E-state index is 4.58. The number of pyridine rings is 1. The third-order valence-electron chi connectivity index (χ3n) is 3.73. The van der Waals surface area contributed by atoms with E-state index in [1.54, 1.807) is 0 Å². The van der Waals surface area contributed by atoms with Gasteiger partial charge in [-0.05, 0) is 51.4 Å². The van der Waals surface area contributed by atoms with E-state index >= 15 is 0 Å². The van der Waals surface area contributed by atoms with Crippen molar-refractivity contribution in [3.05, 3.63) is 29.6 Å².